The van der Waals surface area contributed by atoms with Crippen molar-refractivity contribution < 1.29 is 23.8 Å². The van der Waals surface area contributed by atoms with Crippen molar-refractivity contribution in [1.29, 1.82) is 0 Å². The van der Waals surface area contributed by atoms with Gasteiger partial charge in [-0.2, -0.15) is 0 Å². The standard InChI is InChI=1S/C33H29N3O5/c1-4-28(32(37)36-27-20-24(39-2)16-18-29(27)40-3)41-33(38)23-15-17-25-26(19-23)35-31(22-13-9-6-10-14-22)30(34-25)21-11-7-5-8-12-21/h5-20,28H,4H2,1-3H3,(H,36,37). The number of hydrogen-bond acceptors (Lipinski definition) is 7. The highest BCUT2D eigenvalue weighted by Gasteiger charge is 2.24. The zero-order valence-electron chi connectivity index (χ0n) is 23.0. The number of methoxy groups -OCH3 is 2. The van der Waals surface area contributed by atoms with Crippen LogP contribution in [-0.2, 0) is 9.53 Å². The Morgan fingerprint density at radius 3 is 1.98 bits per heavy atom. The van der Waals surface area contributed by atoms with E-state index in [1.807, 2.05) is 60.7 Å². The number of aromatic nitrogens is 2. The first kappa shape index (κ1) is 27.3. The van der Waals surface area contributed by atoms with E-state index >= 15 is 0 Å². The van der Waals surface area contributed by atoms with Gasteiger partial charge in [0.05, 0.1) is 47.9 Å². The minimum absolute atomic E-state index is 0.267. The molecule has 4 aromatic carbocycles. The van der Waals surface area contributed by atoms with Crippen molar-refractivity contribution in [1.82, 2.24) is 9.97 Å². The highest BCUT2D eigenvalue weighted by Crippen LogP contribution is 2.32. The lowest BCUT2D eigenvalue weighted by molar-refractivity contribution is -0.124. The smallest absolute Gasteiger partial charge is 0.338 e. The number of nitrogens with one attached hydrogen (secondary N) is 1. The van der Waals surface area contributed by atoms with Crippen molar-refractivity contribution in [3.8, 4) is 34.0 Å². The summed E-state index contributed by atoms with van der Waals surface area (Å²) in [6.07, 6.45) is -0.754. The Labute approximate surface area is 237 Å². The predicted molar refractivity (Wildman–Crippen MR) is 158 cm³/mol. The van der Waals surface area contributed by atoms with Gasteiger partial charge in [0.15, 0.2) is 6.10 Å². The van der Waals surface area contributed by atoms with Gasteiger partial charge in [0.25, 0.3) is 5.91 Å². The number of hydrogen-bond donors (Lipinski definition) is 1. The summed E-state index contributed by atoms with van der Waals surface area (Å²) in [6.45, 7) is 1.77. The molecule has 206 valence electrons. The number of ether oxygens (including phenoxy) is 3. The third-order valence-corrected chi connectivity index (χ3v) is 6.57. The van der Waals surface area contributed by atoms with Crippen LogP contribution in [0.5, 0.6) is 11.5 Å². The summed E-state index contributed by atoms with van der Waals surface area (Å²) >= 11 is 0. The van der Waals surface area contributed by atoms with E-state index < -0.39 is 18.0 Å². The molecule has 0 saturated carbocycles. The van der Waals surface area contributed by atoms with Crippen LogP contribution in [0.25, 0.3) is 33.5 Å². The van der Waals surface area contributed by atoms with Crippen LogP contribution < -0.4 is 14.8 Å². The summed E-state index contributed by atoms with van der Waals surface area (Å²) < 4.78 is 16.2. The van der Waals surface area contributed by atoms with Crippen LogP contribution >= 0.6 is 0 Å². The fourth-order valence-electron chi connectivity index (χ4n) is 4.42. The monoisotopic (exact) mass is 547 g/mol. The fraction of sp³-hybridized carbons (Fsp3) is 0.152. The highest BCUT2D eigenvalue weighted by molar-refractivity contribution is 6.00. The maximum absolute atomic E-state index is 13.2. The lowest BCUT2D eigenvalue weighted by Crippen LogP contribution is -2.32. The number of anilines is 1. The Morgan fingerprint density at radius 1 is 0.756 bits per heavy atom. The number of amides is 1. The first-order valence-corrected chi connectivity index (χ1v) is 13.2. The number of rotatable bonds is 9. The molecule has 8 nitrogen and oxygen atoms in total. The molecule has 8 heteroatoms. The van der Waals surface area contributed by atoms with Gasteiger partial charge in [-0.3, -0.25) is 4.79 Å². The van der Waals surface area contributed by atoms with Gasteiger partial charge < -0.3 is 19.5 Å². The molecule has 41 heavy (non-hydrogen) atoms. The van der Waals surface area contributed by atoms with E-state index in [4.69, 9.17) is 24.2 Å². The lowest BCUT2D eigenvalue weighted by atomic mass is 10.0. The largest absolute Gasteiger partial charge is 0.497 e. The van der Waals surface area contributed by atoms with E-state index in [-0.39, 0.29) is 12.0 Å². The van der Waals surface area contributed by atoms with Gasteiger partial charge in [-0.25, -0.2) is 14.8 Å². The molecule has 5 rings (SSSR count). The molecule has 0 saturated heterocycles. The van der Waals surface area contributed by atoms with E-state index in [0.29, 0.717) is 33.9 Å². The summed E-state index contributed by atoms with van der Waals surface area (Å²) in [7, 11) is 3.03. The average Bonchev–Trinajstić information content (AvgIpc) is 3.03. The van der Waals surface area contributed by atoms with Crippen molar-refractivity contribution in [2.45, 2.75) is 19.4 Å². The number of fused-ring (bicyclic) bond motifs is 1. The fourth-order valence-corrected chi connectivity index (χ4v) is 4.42. The van der Waals surface area contributed by atoms with Crippen LogP contribution in [0.4, 0.5) is 5.69 Å². The van der Waals surface area contributed by atoms with Crippen molar-refractivity contribution in [3.63, 3.8) is 0 Å². The van der Waals surface area contributed by atoms with E-state index in [1.165, 1.54) is 14.2 Å². The van der Waals surface area contributed by atoms with Gasteiger partial charge in [0.1, 0.15) is 11.5 Å². The number of esters is 1. The molecule has 0 spiro atoms. The van der Waals surface area contributed by atoms with Crippen LogP contribution in [0, 0.1) is 0 Å². The second-order valence-corrected chi connectivity index (χ2v) is 9.21. The van der Waals surface area contributed by atoms with Crippen molar-refractivity contribution >= 4 is 28.6 Å². The maximum atomic E-state index is 13.2. The summed E-state index contributed by atoms with van der Waals surface area (Å²) in [5, 5.41) is 2.78. The van der Waals surface area contributed by atoms with Gasteiger partial charge in [-0.05, 0) is 36.8 Å². The van der Waals surface area contributed by atoms with E-state index in [2.05, 4.69) is 5.32 Å². The highest BCUT2D eigenvalue weighted by atomic mass is 16.5. The Hall–Kier alpha value is -5.24. The first-order chi connectivity index (χ1) is 20.0. The molecule has 1 amide bonds. The molecule has 1 N–H and O–H groups in total. The number of carbonyl (C=O) groups excluding carboxylic acids is 2. The average molecular weight is 548 g/mol. The van der Waals surface area contributed by atoms with Crippen molar-refractivity contribution in [2.75, 3.05) is 19.5 Å². The van der Waals surface area contributed by atoms with Crippen molar-refractivity contribution in [2.24, 2.45) is 0 Å². The zero-order chi connectivity index (χ0) is 28.8. The molecule has 5 aromatic rings. The molecule has 0 radical (unpaired) electrons. The van der Waals surface area contributed by atoms with E-state index in [0.717, 1.165) is 16.8 Å². The van der Waals surface area contributed by atoms with Gasteiger partial charge in [-0.1, -0.05) is 67.6 Å². The molecule has 1 heterocycles. The second-order valence-electron chi connectivity index (χ2n) is 9.21. The third kappa shape index (κ3) is 6.01. The molecule has 1 atom stereocenters. The van der Waals surface area contributed by atoms with Gasteiger partial charge in [0.2, 0.25) is 0 Å². The molecular weight excluding hydrogens is 518 g/mol. The molecule has 1 unspecified atom stereocenters. The maximum Gasteiger partial charge on any atom is 0.338 e. The summed E-state index contributed by atoms with van der Waals surface area (Å²) in [5.41, 5.74) is 5.14. The SMILES string of the molecule is CCC(OC(=O)c1ccc2nc(-c3ccccc3)c(-c3ccccc3)nc2c1)C(=O)Nc1cc(OC)ccc1OC. The lowest BCUT2D eigenvalue weighted by Gasteiger charge is -2.18. The molecule has 1 aromatic heterocycles. The zero-order valence-corrected chi connectivity index (χ0v) is 23.0. The Bertz CT molecular complexity index is 1690. The predicted octanol–water partition coefficient (Wildman–Crippen LogP) is 6.56. The first-order valence-electron chi connectivity index (χ1n) is 13.2. The summed E-state index contributed by atoms with van der Waals surface area (Å²) in [6, 6.07) is 29.7. The summed E-state index contributed by atoms with van der Waals surface area (Å²) in [4.78, 5) is 36.1. The Kier molecular flexibility index (Phi) is 8.20. The third-order valence-electron chi connectivity index (χ3n) is 6.57. The van der Waals surface area contributed by atoms with E-state index in [1.54, 1.807) is 43.3 Å². The quantitative estimate of drug-likeness (QED) is 0.209. The van der Waals surface area contributed by atoms with Crippen LogP contribution in [0.2, 0.25) is 0 Å². The minimum Gasteiger partial charge on any atom is -0.497 e. The number of benzene rings is 4. The van der Waals surface area contributed by atoms with Crippen LogP contribution in [0.1, 0.15) is 23.7 Å². The van der Waals surface area contributed by atoms with E-state index in [9.17, 15) is 9.59 Å². The van der Waals surface area contributed by atoms with Crippen LogP contribution in [0.3, 0.4) is 0 Å². The van der Waals surface area contributed by atoms with Gasteiger partial charge in [0, 0.05) is 17.2 Å². The Balaban J connectivity index is 1.43. The molecular formula is C33H29N3O5. The van der Waals surface area contributed by atoms with Crippen LogP contribution in [0.15, 0.2) is 97.1 Å². The minimum atomic E-state index is -1.03. The molecule has 0 fully saturated rings. The van der Waals surface area contributed by atoms with Gasteiger partial charge >= 0.3 is 5.97 Å². The number of carbonyl (C=O) groups is 2. The molecule has 0 aliphatic heterocycles. The topological polar surface area (TPSA) is 99.6 Å². The summed E-state index contributed by atoms with van der Waals surface area (Å²) in [5.74, 6) is -0.111. The molecule has 0 aliphatic rings. The van der Waals surface area contributed by atoms with Crippen LogP contribution in [-0.4, -0.2) is 42.2 Å². The number of nitrogens with zero attached hydrogens (tertiary/aromatic N) is 2. The van der Waals surface area contributed by atoms with Crippen molar-refractivity contribution in [3.05, 3.63) is 103 Å². The molecule has 0 aliphatic carbocycles. The molecule has 0 bridgehead atoms. The normalized spacial score (nSPS) is 11.5. The Morgan fingerprint density at radius 2 is 1.39 bits per heavy atom. The second kappa shape index (κ2) is 12.3. The van der Waals surface area contributed by atoms with Gasteiger partial charge in [-0.15, -0.1) is 0 Å².